The van der Waals surface area contributed by atoms with Gasteiger partial charge in [-0.25, -0.2) is 0 Å². The smallest absolute Gasteiger partial charge is 0.165 e. The number of hydrogen-bond acceptors (Lipinski definition) is 4. The maximum Gasteiger partial charge on any atom is 0.165 e. The van der Waals surface area contributed by atoms with E-state index >= 15 is 0 Å². The lowest BCUT2D eigenvalue weighted by molar-refractivity contribution is 0.118. The third kappa shape index (κ3) is 2.38. The van der Waals surface area contributed by atoms with E-state index in [2.05, 4.69) is 11.0 Å². The Kier molecular flexibility index (Phi) is 3.85. The van der Waals surface area contributed by atoms with Gasteiger partial charge in [-0.05, 0) is 31.7 Å². The molecule has 4 heteroatoms. The number of piperidine rings is 1. The van der Waals surface area contributed by atoms with E-state index < -0.39 is 0 Å². The van der Waals surface area contributed by atoms with E-state index in [1.54, 1.807) is 14.2 Å². The molecule has 0 aliphatic carbocycles. The zero-order chi connectivity index (χ0) is 14.1. The second kappa shape index (κ2) is 5.62. The Balaban J connectivity index is 1.82. The molecule has 2 aliphatic rings. The van der Waals surface area contributed by atoms with Crippen LogP contribution < -0.4 is 15.2 Å². The van der Waals surface area contributed by atoms with Gasteiger partial charge in [-0.15, -0.1) is 0 Å². The molecule has 0 aromatic heterocycles. The lowest BCUT2D eigenvalue weighted by atomic mass is 9.97. The van der Waals surface area contributed by atoms with Gasteiger partial charge >= 0.3 is 0 Å². The summed E-state index contributed by atoms with van der Waals surface area (Å²) in [7, 11) is 3.40. The van der Waals surface area contributed by atoms with Crippen LogP contribution in [0.25, 0.3) is 0 Å². The number of para-hydroxylation sites is 1. The number of nitrogens with zero attached hydrogens (tertiary/aromatic N) is 1. The van der Waals surface area contributed by atoms with E-state index in [0.717, 1.165) is 30.9 Å². The van der Waals surface area contributed by atoms with E-state index in [-0.39, 0.29) is 0 Å². The van der Waals surface area contributed by atoms with Crippen LogP contribution in [0.3, 0.4) is 0 Å². The SMILES string of the molecule is COc1cccc(CN2C3CCC2CC(N)C3)c1OC. The molecule has 0 saturated carbocycles. The lowest BCUT2D eigenvalue weighted by Crippen LogP contribution is -2.46. The second-order valence-corrected chi connectivity index (χ2v) is 5.94. The van der Waals surface area contributed by atoms with Crippen LogP contribution in [0.5, 0.6) is 11.5 Å². The lowest BCUT2D eigenvalue weighted by Gasteiger charge is -2.38. The first-order valence-electron chi connectivity index (χ1n) is 7.44. The summed E-state index contributed by atoms with van der Waals surface area (Å²) < 4.78 is 10.9. The fourth-order valence-electron chi connectivity index (χ4n) is 3.85. The number of nitrogens with two attached hydrogens (primary N) is 1. The van der Waals surface area contributed by atoms with Gasteiger partial charge in [0.1, 0.15) is 0 Å². The molecule has 20 heavy (non-hydrogen) atoms. The van der Waals surface area contributed by atoms with Gasteiger partial charge in [0, 0.05) is 30.2 Å². The van der Waals surface area contributed by atoms with Gasteiger partial charge in [-0.2, -0.15) is 0 Å². The van der Waals surface area contributed by atoms with Crippen LogP contribution in [0.2, 0.25) is 0 Å². The summed E-state index contributed by atoms with van der Waals surface area (Å²) in [6, 6.07) is 7.78. The predicted molar refractivity (Wildman–Crippen MR) is 79.1 cm³/mol. The Morgan fingerprint density at radius 3 is 2.45 bits per heavy atom. The fraction of sp³-hybridized carbons (Fsp3) is 0.625. The molecule has 1 aromatic rings. The van der Waals surface area contributed by atoms with Crippen molar-refractivity contribution >= 4 is 0 Å². The van der Waals surface area contributed by atoms with Crippen molar-refractivity contribution in [1.82, 2.24) is 4.90 Å². The Labute approximate surface area is 120 Å². The molecule has 2 N–H and O–H groups in total. The molecule has 1 aromatic carbocycles. The maximum atomic E-state index is 6.14. The Morgan fingerprint density at radius 2 is 1.85 bits per heavy atom. The minimum absolute atomic E-state index is 0.385. The first kappa shape index (κ1) is 13.7. The minimum Gasteiger partial charge on any atom is -0.493 e. The molecule has 2 heterocycles. The van der Waals surface area contributed by atoms with Gasteiger partial charge in [0.15, 0.2) is 11.5 Å². The van der Waals surface area contributed by atoms with E-state index in [1.807, 2.05) is 12.1 Å². The molecule has 4 nitrogen and oxygen atoms in total. The number of benzene rings is 1. The van der Waals surface area contributed by atoms with Crippen molar-refractivity contribution in [3.05, 3.63) is 23.8 Å². The van der Waals surface area contributed by atoms with Crippen LogP contribution in [-0.2, 0) is 6.54 Å². The van der Waals surface area contributed by atoms with Crippen molar-refractivity contribution in [3.63, 3.8) is 0 Å². The average Bonchev–Trinajstić information content (AvgIpc) is 2.70. The number of hydrogen-bond donors (Lipinski definition) is 1. The van der Waals surface area contributed by atoms with Gasteiger partial charge < -0.3 is 15.2 Å². The van der Waals surface area contributed by atoms with Crippen molar-refractivity contribution in [2.24, 2.45) is 5.73 Å². The number of ether oxygens (including phenoxy) is 2. The molecular formula is C16H24N2O2. The summed E-state index contributed by atoms with van der Waals surface area (Å²) in [6.07, 6.45) is 4.82. The summed E-state index contributed by atoms with van der Waals surface area (Å²) >= 11 is 0. The number of rotatable bonds is 4. The first-order valence-corrected chi connectivity index (χ1v) is 7.44. The molecule has 3 rings (SSSR count). The van der Waals surface area contributed by atoms with Gasteiger partial charge in [0.2, 0.25) is 0 Å². The summed E-state index contributed by atoms with van der Waals surface area (Å²) in [5.74, 6) is 1.68. The van der Waals surface area contributed by atoms with E-state index in [9.17, 15) is 0 Å². The highest BCUT2D eigenvalue weighted by molar-refractivity contribution is 5.46. The second-order valence-electron chi connectivity index (χ2n) is 5.94. The summed E-state index contributed by atoms with van der Waals surface area (Å²) in [5, 5.41) is 0. The molecule has 2 saturated heterocycles. The third-order valence-electron chi connectivity index (χ3n) is 4.76. The quantitative estimate of drug-likeness (QED) is 0.915. The van der Waals surface area contributed by atoms with Gasteiger partial charge in [0.05, 0.1) is 14.2 Å². The molecule has 110 valence electrons. The third-order valence-corrected chi connectivity index (χ3v) is 4.76. The summed E-state index contributed by atoms with van der Waals surface area (Å²) in [6.45, 7) is 0.933. The Hall–Kier alpha value is -1.26. The largest absolute Gasteiger partial charge is 0.493 e. The normalized spacial score (nSPS) is 29.4. The number of methoxy groups -OCH3 is 2. The molecule has 2 unspecified atom stereocenters. The van der Waals surface area contributed by atoms with E-state index in [1.165, 1.54) is 18.4 Å². The summed E-state index contributed by atoms with van der Waals surface area (Å²) in [5.41, 5.74) is 7.35. The molecule has 2 aliphatic heterocycles. The molecular weight excluding hydrogens is 252 g/mol. The molecule has 2 bridgehead atoms. The van der Waals surface area contributed by atoms with Gasteiger partial charge in [-0.3, -0.25) is 4.90 Å². The topological polar surface area (TPSA) is 47.7 Å². The van der Waals surface area contributed by atoms with Crippen LogP contribution in [0.15, 0.2) is 18.2 Å². The van der Waals surface area contributed by atoms with Gasteiger partial charge in [0.25, 0.3) is 0 Å². The standard InChI is InChI=1S/C16H24N2O2/c1-19-15-5-3-4-11(16(15)20-2)10-18-13-6-7-14(18)9-12(17)8-13/h3-5,12-14H,6-10,17H2,1-2H3. The average molecular weight is 276 g/mol. The maximum absolute atomic E-state index is 6.14. The van der Waals surface area contributed by atoms with Crippen molar-refractivity contribution in [3.8, 4) is 11.5 Å². The monoisotopic (exact) mass is 276 g/mol. The predicted octanol–water partition coefficient (Wildman–Crippen LogP) is 2.16. The zero-order valence-corrected chi connectivity index (χ0v) is 12.3. The van der Waals surface area contributed by atoms with Crippen molar-refractivity contribution in [1.29, 1.82) is 0 Å². The van der Waals surface area contributed by atoms with Crippen molar-refractivity contribution < 1.29 is 9.47 Å². The molecule has 2 atom stereocenters. The molecule has 0 radical (unpaired) electrons. The Morgan fingerprint density at radius 1 is 1.15 bits per heavy atom. The van der Waals surface area contributed by atoms with Crippen molar-refractivity contribution in [2.75, 3.05) is 14.2 Å². The summed E-state index contributed by atoms with van der Waals surface area (Å²) in [4.78, 5) is 2.61. The first-order chi connectivity index (χ1) is 9.72. The highest BCUT2D eigenvalue weighted by Crippen LogP contribution is 2.39. The van der Waals surface area contributed by atoms with Crippen LogP contribution in [0, 0.1) is 0 Å². The molecule has 0 amide bonds. The number of fused-ring (bicyclic) bond motifs is 2. The van der Waals surface area contributed by atoms with Crippen LogP contribution in [0.1, 0.15) is 31.2 Å². The van der Waals surface area contributed by atoms with Crippen LogP contribution in [0.4, 0.5) is 0 Å². The Bertz CT molecular complexity index is 464. The van der Waals surface area contributed by atoms with Crippen molar-refractivity contribution in [2.45, 2.75) is 50.4 Å². The zero-order valence-electron chi connectivity index (χ0n) is 12.3. The highest BCUT2D eigenvalue weighted by atomic mass is 16.5. The molecule has 2 fully saturated rings. The van der Waals surface area contributed by atoms with Crippen LogP contribution >= 0.6 is 0 Å². The fourth-order valence-corrected chi connectivity index (χ4v) is 3.85. The highest BCUT2D eigenvalue weighted by Gasteiger charge is 2.39. The van der Waals surface area contributed by atoms with Crippen LogP contribution in [-0.4, -0.2) is 37.2 Å². The van der Waals surface area contributed by atoms with E-state index in [0.29, 0.717) is 18.1 Å². The molecule has 0 spiro atoms. The van der Waals surface area contributed by atoms with Gasteiger partial charge in [-0.1, -0.05) is 12.1 Å². The van der Waals surface area contributed by atoms with E-state index in [4.69, 9.17) is 15.2 Å². The minimum atomic E-state index is 0.385.